The smallest absolute Gasteiger partial charge is 0.255 e. The summed E-state index contributed by atoms with van der Waals surface area (Å²) in [4.78, 5) is 19.2. The summed E-state index contributed by atoms with van der Waals surface area (Å²) in [5.41, 5.74) is 2.84. The quantitative estimate of drug-likeness (QED) is 0.801. The van der Waals surface area contributed by atoms with Gasteiger partial charge in [-0.1, -0.05) is 24.3 Å². The minimum atomic E-state index is -0.154. The van der Waals surface area contributed by atoms with E-state index in [1.807, 2.05) is 48.5 Å². The normalized spacial score (nSPS) is 10.3. The minimum Gasteiger partial charge on any atom is -0.496 e. The van der Waals surface area contributed by atoms with Gasteiger partial charge in [-0.05, 0) is 24.3 Å². The molecule has 0 amide bonds. The second-order valence-corrected chi connectivity index (χ2v) is 4.55. The van der Waals surface area contributed by atoms with Crippen molar-refractivity contribution in [3.05, 3.63) is 71.3 Å². The lowest BCUT2D eigenvalue weighted by molar-refractivity contribution is 0.416. The number of H-pyrrole nitrogens is 1. The molecule has 2 aromatic heterocycles. The Hall–Kier alpha value is -2.88. The molecule has 104 valence electrons. The number of aromatic nitrogens is 2. The fourth-order valence-corrected chi connectivity index (χ4v) is 2.23. The van der Waals surface area contributed by atoms with Crippen LogP contribution in [0.5, 0.6) is 5.75 Å². The van der Waals surface area contributed by atoms with Gasteiger partial charge in [0, 0.05) is 23.5 Å². The average molecular weight is 278 g/mol. The topological polar surface area (TPSA) is 55.0 Å². The molecule has 1 aromatic carbocycles. The lowest BCUT2D eigenvalue weighted by Crippen LogP contribution is -2.09. The molecule has 0 bridgehead atoms. The molecule has 0 atom stereocenters. The number of methoxy groups -OCH3 is 1. The summed E-state index contributed by atoms with van der Waals surface area (Å²) in [6.45, 7) is 0. The predicted molar refractivity (Wildman–Crippen MR) is 82.3 cm³/mol. The number of pyridine rings is 2. The average Bonchev–Trinajstić information content (AvgIpc) is 2.56. The Morgan fingerprint density at radius 2 is 1.86 bits per heavy atom. The van der Waals surface area contributed by atoms with Gasteiger partial charge in [0.1, 0.15) is 5.75 Å². The maximum Gasteiger partial charge on any atom is 0.255 e. The first kappa shape index (κ1) is 13.1. The minimum absolute atomic E-state index is 0.154. The van der Waals surface area contributed by atoms with Crippen LogP contribution < -0.4 is 10.3 Å². The molecule has 0 radical (unpaired) electrons. The van der Waals surface area contributed by atoms with Gasteiger partial charge in [-0.25, -0.2) is 0 Å². The van der Waals surface area contributed by atoms with Crippen molar-refractivity contribution in [2.45, 2.75) is 0 Å². The van der Waals surface area contributed by atoms with Crippen molar-refractivity contribution in [3.63, 3.8) is 0 Å². The van der Waals surface area contributed by atoms with Gasteiger partial charge in [-0.15, -0.1) is 0 Å². The van der Waals surface area contributed by atoms with Gasteiger partial charge < -0.3 is 9.72 Å². The number of rotatable bonds is 3. The van der Waals surface area contributed by atoms with Gasteiger partial charge >= 0.3 is 0 Å². The highest BCUT2D eigenvalue weighted by Crippen LogP contribution is 2.29. The third-order valence-corrected chi connectivity index (χ3v) is 3.26. The number of benzene rings is 1. The molecule has 0 spiro atoms. The molecule has 4 nitrogen and oxygen atoms in total. The SMILES string of the molecule is COc1ccccc1-c1cc(-c2ccccn2)c[nH]c1=O. The van der Waals surface area contributed by atoms with Crippen molar-refractivity contribution >= 4 is 0 Å². The summed E-state index contributed by atoms with van der Waals surface area (Å²) in [5, 5.41) is 0. The van der Waals surface area contributed by atoms with E-state index in [4.69, 9.17) is 4.74 Å². The number of nitrogens with one attached hydrogen (secondary N) is 1. The Morgan fingerprint density at radius 3 is 2.62 bits per heavy atom. The lowest BCUT2D eigenvalue weighted by Gasteiger charge is -2.09. The van der Waals surface area contributed by atoms with Crippen molar-refractivity contribution in [1.29, 1.82) is 0 Å². The second kappa shape index (κ2) is 5.63. The van der Waals surface area contributed by atoms with Crippen LogP contribution in [0.4, 0.5) is 0 Å². The largest absolute Gasteiger partial charge is 0.496 e. The fraction of sp³-hybridized carbons (Fsp3) is 0.0588. The van der Waals surface area contributed by atoms with Crippen LogP contribution in [-0.4, -0.2) is 17.1 Å². The van der Waals surface area contributed by atoms with Gasteiger partial charge in [-0.2, -0.15) is 0 Å². The summed E-state index contributed by atoms with van der Waals surface area (Å²) in [6.07, 6.45) is 3.40. The Kier molecular flexibility index (Phi) is 3.51. The Morgan fingerprint density at radius 1 is 1.05 bits per heavy atom. The second-order valence-electron chi connectivity index (χ2n) is 4.55. The van der Waals surface area contributed by atoms with E-state index in [0.717, 1.165) is 16.8 Å². The first-order valence-electron chi connectivity index (χ1n) is 6.57. The molecule has 0 aliphatic carbocycles. The van der Waals surface area contributed by atoms with Gasteiger partial charge in [0.15, 0.2) is 0 Å². The van der Waals surface area contributed by atoms with Gasteiger partial charge in [-0.3, -0.25) is 9.78 Å². The zero-order valence-electron chi connectivity index (χ0n) is 11.5. The summed E-state index contributed by atoms with van der Waals surface area (Å²) in [7, 11) is 1.59. The third kappa shape index (κ3) is 2.56. The molecule has 0 saturated carbocycles. The van der Waals surface area contributed by atoms with Crippen molar-refractivity contribution in [2.75, 3.05) is 7.11 Å². The van der Waals surface area contributed by atoms with Crippen molar-refractivity contribution in [3.8, 4) is 28.1 Å². The maximum absolute atomic E-state index is 12.1. The monoisotopic (exact) mass is 278 g/mol. The number of hydrogen-bond acceptors (Lipinski definition) is 3. The molecule has 0 saturated heterocycles. The van der Waals surface area contributed by atoms with E-state index in [1.165, 1.54) is 0 Å². The number of nitrogens with zero attached hydrogens (tertiary/aromatic N) is 1. The van der Waals surface area contributed by atoms with Crippen LogP contribution in [0.1, 0.15) is 0 Å². The molecule has 3 rings (SSSR count). The van der Waals surface area contributed by atoms with E-state index < -0.39 is 0 Å². The molecule has 4 heteroatoms. The standard InChI is InChI=1S/C17H14N2O2/c1-21-16-8-3-2-6-13(16)14-10-12(11-19-17(14)20)15-7-4-5-9-18-15/h2-11H,1H3,(H,19,20). The van der Waals surface area contributed by atoms with E-state index in [1.54, 1.807) is 19.5 Å². The first-order chi connectivity index (χ1) is 10.3. The van der Waals surface area contributed by atoms with E-state index in [-0.39, 0.29) is 5.56 Å². The third-order valence-electron chi connectivity index (χ3n) is 3.26. The van der Waals surface area contributed by atoms with Crippen LogP contribution >= 0.6 is 0 Å². The predicted octanol–water partition coefficient (Wildman–Crippen LogP) is 3.11. The molecule has 21 heavy (non-hydrogen) atoms. The number of aromatic amines is 1. The molecule has 0 unspecified atom stereocenters. The highest BCUT2D eigenvalue weighted by Gasteiger charge is 2.10. The van der Waals surface area contributed by atoms with Crippen molar-refractivity contribution in [1.82, 2.24) is 9.97 Å². The summed E-state index contributed by atoms with van der Waals surface area (Å²) < 4.78 is 5.33. The molecule has 0 aliphatic heterocycles. The number of para-hydroxylation sites is 1. The molecule has 0 fully saturated rings. The summed E-state index contributed by atoms with van der Waals surface area (Å²) >= 11 is 0. The number of ether oxygens (including phenoxy) is 1. The highest BCUT2D eigenvalue weighted by atomic mass is 16.5. The zero-order chi connectivity index (χ0) is 14.7. The van der Waals surface area contributed by atoms with Gasteiger partial charge in [0.05, 0.1) is 18.4 Å². The van der Waals surface area contributed by atoms with Gasteiger partial charge in [0.25, 0.3) is 5.56 Å². The molecule has 0 aliphatic rings. The van der Waals surface area contributed by atoms with Gasteiger partial charge in [0.2, 0.25) is 0 Å². The Bertz CT molecular complexity index is 810. The zero-order valence-corrected chi connectivity index (χ0v) is 11.5. The van der Waals surface area contributed by atoms with Crippen LogP contribution in [-0.2, 0) is 0 Å². The lowest BCUT2D eigenvalue weighted by atomic mass is 10.0. The van der Waals surface area contributed by atoms with E-state index in [9.17, 15) is 4.79 Å². The van der Waals surface area contributed by atoms with Crippen LogP contribution in [0.3, 0.4) is 0 Å². The Balaban J connectivity index is 2.17. The Labute approximate surface area is 122 Å². The number of hydrogen-bond donors (Lipinski definition) is 1. The van der Waals surface area contributed by atoms with E-state index in [2.05, 4.69) is 9.97 Å². The molecule has 2 heterocycles. The fourth-order valence-electron chi connectivity index (χ4n) is 2.23. The van der Waals surface area contributed by atoms with E-state index in [0.29, 0.717) is 11.3 Å². The van der Waals surface area contributed by atoms with Crippen molar-refractivity contribution in [2.24, 2.45) is 0 Å². The molecular formula is C17H14N2O2. The van der Waals surface area contributed by atoms with Crippen molar-refractivity contribution < 1.29 is 4.74 Å². The maximum atomic E-state index is 12.1. The van der Waals surface area contributed by atoms with E-state index >= 15 is 0 Å². The molecular weight excluding hydrogens is 264 g/mol. The summed E-state index contributed by atoms with van der Waals surface area (Å²) in [5.74, 6) is 0.668. The molecule has 1 N–H and O–H groups in total. The summed E-state index contributed by atoms with van der Waals surface area (Å²) in [6, 6.07) is 15.0. The van der Waals surface area contributed by atoms with Crippen LogP contribution in [0.25, 0.3) is 22.4 Å². The molecule has 3 aromatic rings. The first-order valence-corrected chi connectivity index (χ1v) is 6.57. The van der Waals surface area contributed by atoms with Crippen LogP contribution in [0.15, 0.2) is 65.7 Å². The van der Waals surface area contributed by atoms with Crippen LogP contribution in [0, 0.1) is 0 Å². The van der Waals surface area contributed by atoms with Crippen LogP contribution in [0.2, 0.25) is 0 Å². The highest BCUT2D eigenvalue weighted by molar-refractivity contribution is 5.74.